The van der Waals surface area contributed by atoms with Crippen molar-refractivity contribution in [2.45, 2.75) is 36.6 Å². The average molecular weight is 326 g/mol. The maximum Gasteiger partial charge on any atom is 0.325 e. The zero-order valence-electron chi connectivity index (χ0n) is 12.4. The first-order chi connectivity index (χ1) is 10.3. The molecule has 1 aliphatic heterocycles. The number of nitrogens with zero attached hydrogens (tertiary/aromatic N) is 2. The van der Waals surface area contributed by atoms with Gasteiger partial charge in [-0.3, -0.25) is 4.79 Å². The molecule has 2 aliphatic rings. The smallest absolute Gasteiger partial charge is 0.325 e. The number of hydrogen-bond acceptors (Lipinski definition) is 5. The van der Waals surface area contributed by atoms with Crippen molar-refractivity contribution in [2.75, 3.05) is 13.7 Å². The topological polar surface area (TPSA) is 96.8 Å². The minimum absolute atomic E-state index is 0.0129. The third kappa shape index (κ3) is 2.01. The summed E-state index contributed by atoms with van der Waals surface area (Å²) < 4.78 is 31.9. The van der Waals surface area contributed by atoms with Crippen LogP contribution >= 0.6 is 0 Å². The second kappa shape index (κ2) is 4.92. The Hall–Kier alpha value is -1.67. The third-order valence-corrected chi connectivity index (χ3v) is 6.50. The van der Waals surface area contributed by atoms with Crippen molar-refractivity contribution in [3.05, 3.63) is 17.8 Å². The van der Waals surface area contributed by atoms with E-state index in [9.17, 15) is 18.3 Å². The first kappa shape index (κ1) is 15.2. The lowest BCUT2D eigenvalue weighted by Gasteiger charge is -2.32. The summed E-state index contributed by atoms with van der Waals surface area (Å²) in [7, 11) is -2.43. The van der Waals surface area contributed by atoms with Crippen LogP contribution in [0.2, 0.25) is 0 Å². The molecule has 3 rings (SSSR count). The molecular weight excluding hydrogens is 308 g/mol. The van der Waals surface area contributed by atoms with Crippen LogP contribution in [0.25, 0.3) is 0 Å². The molecule has 0 amide bonds. The number of hydrogen-bond donors (Lipinski definition) is 1. The third-order valence-electron chi connectivity index (χ3n) is 4.59. The van der Waals surface area contributed by atoms with Gasteiger partial charge in [-0.15, -0.1) is 0 Å². The highest BCUT2D eigenvalue weighted by Crippen LogP contribution is 2.55. The summed E-state index contributed by atoms with van der Waals surface area (Å²) in [5, 5.41) is 9.51. The molecule has 1 aromatic heterocycles. The van der Waals surface area contributed by atoms with E-state index in [0.717, 1.165) is 10.7 Å². The highest BCUT2D eigenvalue weighted by molar-refractivity contribution is 7.89. The van der Waals surface area contributed by atoms with Crippen LogP contribution in [0.4, 0.5) is 0 Å². The summed E-state index contributed by atoms with van der Waals surface area (Å²) in [4.78, 5) is 15.6. The van der Waals surface area contributed by atoms with E-state index in [-0.39, 0.29) is 17.4 Å². The van der Waals surface area contributed by atoms with Gasteiger partial charge in [-0.25, -0.2) is 13.4 Å². The Morgan fingerprint density at radius 2 is 2.27 bits per heavy atom. The molecule has 0 aromatic carbocycles. The number of methoxy groups -OCH3 is 1. The van der Waals surface area contributed by atoms with Crippen molar-refractivity contribution in [3.63, 3.8) is 0 Å². The number of ether oxygens (including phenoxy) is 1. The molecule has 0 bridgehead atoms. The lowest BCUT2D eigenvalue weighted by atomic mass is 10.1. The van der Waals surface area contributed by atoms with Crippen molar-refractivity contribution in [1.82, 2.24) is 9.29 Å². The van der Waals surface area contributed by atoms with Crippen LogP contribution in [0, 0.1) is 12.8 Å². The molecular formula is C14H18N2O5S. The summed E-state index contributed by atoms with van der Waals surface area (Å²) in [6.07, 6.45) is 3.06. The van der Waals surface area contributed by atoms with E-state index < -0.39 is 21.5 Å². The van der Waals surface area contributed by atoms with E-state index in [1.807, 2.05) is 0 Å². The number of carbonyl (C=O) groups is 1. The second-order valence-corrected chi connectivity index (χ2v) is 7.71. The molecule has 0 spiro atoms. The van der Waals surface area contributed by atoms with Gasteiger partial charge in [-0.2, -0.15) is 4.31 Å². The van der Waals surface area contributed by atoms with E-state index in [1.165, 1.54) is 19.4 Å². The van der Waals surface area contributed by atoms with Crippen molar-refractivity contribution >= 4 is 16.0 Å². The zero-order valence-corrected chi connectivity index (χ0v) is 13.3. The van der Waals surface area contributed by atoms with Gasteiger partial charge < -0.3 is 9.84 Å². The fraction of sp³-hybridized carbons (Fsp3) is 0.571. The lowest BCUT2D eigenvalue weighted by molar-refractivity contribution is -0.144. The molecule has 1 saturated heterocycles. The number of fused-ring (bicyclic) bond motifs is 1. The monoisotopic (exact) mass is 326 g/mol. The van der Waals surface area contributed by atoms with E-state index in [1.54, 1.807) is 6.92 Å². The van der Waals surface area contributed by atoms with Gasteiger partial charge in [0, 0.05) is 12.1 Å². The average Bonchev–Trinajstić information content (AvgIpc) is 3.22. The summed E-state index contributed by atoms with van der Waals surface area (Å²) in [6.45, 7) is 1.93. The Labute approximate surface area is 129 Å². The van der Waals surface area contributed by atoms with E-state index in [0.29, 0.717) is 24.3 Å². The maximum atomic E-state index is 12.9. The normalized spacial score (nSPS) is 28.0. The van der Waals surface area contributed by atoms with Crippen LogP contribution in [-0.2, 0) is 14.8 Å². The molecule has 1 aromatic rings. The van der Waals surface area contributed by atoms with Crippen molar-refractivity contribution in [3.8, 4) is 5.88 Å². The Kier molecular flexibility index (Phi) is 3.41. The van der Waals surface area contributed by atoms with Crippen LogP contribution < -0.4 is 4.74 Å². The SMILES string of the molecule is COc1ncc(S(=O)(=O)N2CCC[C@@H]3C[C@@]32C(=O)O)cc1C. The van der Waals surface area contributed by atoms with Gasteiger partial charge in [-0.05, 0) is 38.2 Å². The molecule has 1 N–H and O–H groups in total. The largest absolute Gasteiger partial charge is 0.481 e. The Morgan fingerprint density at radius 1 is 1.55 bits per heavy atom. The number of sulfonamides is 1. The highest BCUT2D eigenvalue weighted by atomic mass is 32.2. The summed E-state index contributed by atoms with van der Waals surface area (Å²) in [5.41, 5.74) is -0.664. The molecule has 1 saturated carbocycles. The van der Waals surface area contributed by atoms with Gasteiger partial charge in [0.25, 0.3) is 0 Å². The van der Waals surface area contributed by atoms with Gasteiger partial charge in [0.2, 0.25) is 15.9 Å². The number of aromatic nitrogens is 1. The minimum atomic E-state index is -3.89. The van der Waals surface area contributed by atoms with E-state index >= 15 is 0 Å². The fourth-order valence-electron chi connectivity index (χ4n) is 3.37. The number of rotatable bonds is 4. The number of aliphatic carboxylic acids is 1. The fourth-order valence-corrected chi connectivity index (χ4v) is 5.23. The molecule has 7 nitrogen and oxygen atoms in total. The molecule has 120 valence electrons. The van der Waals surface area contributed by atoms with Crippen LogP contribution in [-0.4, -0.2) is 48.0 Å². The molecule has 2 atom stereocenters. The molecule has 2 heterocycles. The number of carboxylic acids is 1. The number of carboxylic acid groups (broad SMARTS) is 1. The van der Waals surface area contributed by atoms with Crippen molar-refractivity contribution in [1.29, 1.82) is 0 Å². The first-order valence-corrected chi connectivity index (χ1v) is 8.55. The predicted molar refractivity (Wildman–Crippen MR) is 77.1 cm³/mol. The quantitative estimate of drug-likeness (QED) is 0.887. The number of pyridine rings is 1. The molecule has 0 radical (unpaired) electrons. The van der Waals surface area contributed by atoms with Gasteiger partial charge in [0.15, 0.2) is 0 Å². The van der Waals surface area contributed by atoms with Crippen molar-refractivity contribution in [2.24, 2.45) is 5.92 Å². The molecule has 0 unspecified atom stereocenters. The van der Waals surface area contributed by atoms with Crippen LogP contribution in [0.15, 0.2) is 17.2 Å². The summed E-state index contributed by atoms with van der Waals surface area (Å²) in [6, 6.07) is 1.47. The Balaban J connectivity index is 2.02. The van der Waals surface area contributed by atoms with Gasteiger partial charge in [0.05, 0.1) is 13.3 Å². The Morgan fingerprint density at radius 3 is 2.86 bits per heavy atom. The second-order valence-electron chi connectivity index (χ2n) is 5.85. The van der Waals surface area contributed by atoms with Crippen molar-refractivity contribution < 1.29 is 23.1 Å². The maximum absolute atomic E-state index is 12.9. The van der Waals surface area contributed by atoms with Crippen LogP contribution in [0.3, 0.4) is 0 Å². The van der Waals surface area contributed by atoms with Gasteiger partial charge >= 0.3 is 5.97 Å². The zero-order chi connectivity index (χ0) is 16.1. The summed E-state index contributed by atoms with van der Waals surface area (Å²) >= 11 is 0. The van der Waals surface area contributed by atoms with E-state index in [4.69, 9.17) is 4.74 Å². The predicted octanol–water partition coefficient (Wildman–Crippen LogP) is 1.03. The Bertz CT molecular complexity index is 733. The van der Waals surface area contributed by atoms with E-state index in [2.05, 4.69) is 4.98 Å². The lowest BCUT2D eigenvalue weighted by Crippen LogP contribution is -2.51. The minimum Gasteiger partial charge on any atom is -0.481 e. The molecule has 8 heteroatoms. The van der Waals surface area contributed by atoms with Crippen LogP contribution in [0.5, 0.6) is 5.88 Å². The molecule has 2 fully saturated rings. The standard InChI is InChI=1S/C14H18N2O5S/c1-9-6-11(8-15-12(9)21-2)22(19,20)16-5-3-4-10-7-14(10,16)13(17)18/h6,8,10H,3-5,7H2,1-2H3,(H,17,18)/t10-,14+/m1/s1. The highest BCUT2D eigenvalue weighted by Gasteiger charge is 2.68. The molecule has 22 heavy (non-hydrogen) atoms. The van der Waals surface area contributed by atoms with Gasteiger partial charge in [0.1, 0.15) is 10.4 Å². The first-order valence-electron chi connectivity index (χ1n) is 7.11. The van der Waals surface area contributed by atoms with Crippen LogP contribution in [0.1, 0.15) is 24.8 Å². The summed E-state index contributed by atoms with van der Waals surface area (Å²) in [5.74, 6) is -0.783. The molecule has 1 aliphatic carbocycles. The number of aryl methyl sites for hydroxylation is 1. The van der Waals surface area contributed by atoms with Gasteiger partial charge in [-0.1, -0.05) is 0 Å². The number of piperidine rings is 1.